The van der Waals surface area contributed by atoms with E-state index in [0.29, 0.717) is 60.4 Å². The Morgan fingerprint density at radius 3 is 2.55 bits per heavy atom. The quantitative estimate of drug-likeness (QED) is 0.117. The molecule has 0 spiro atoms. The van der Waals surface area contributed by atoms with Crippen LogP contribution in [0.3, 0.4) is 0 Å². The number of ether oxygens (including phenoxy) is 3. The average molecular weight is 695 g/mol. The number of carbonyl (C=O) groups is 2. The van der Waals surface area contributed by atoms with Gasteiger partial charge < -0.3 is 30.2 Å². The van der Waals surface area contributed by atoms with Crippen LogP contribution in [0.4, 0.5) is 10.6 Å². The third-order valence-corrected chi connectivity index (χ3v) is 10.4. The van der Waals surface area contributed by atoms with Gasteiger partial charge in [-0.3, -0.25) is 4.79 Å². The minimum Gasteiger partial charge on any atom is -0.444 e. The van der Waals surface area contributed by atoms with Crippen molar-refractivity contribution in [3.05, 3.63) is 35.9 Å². The Kier molecular flexibility index (Phi) is 10.1. The largest absolute Gasteiger partial charge is 0.444 e. The number of fused-ring (bicyclic) bond motifs is 2. The molecule has 2 saturated carbocycles. The van der Waals surface area contributed by atoms with E-state index in [1.54, 1.807) is 11.8 Å². The Bertz CT molecular complexity index is 1650. The van der Waals surface area contributed by atoms with E-state index in [2.05, 4.69) is 57.5 Å². The zero-order valence-electron chi connectivity index (χ0n) is 29.6. The second kappa shape index (κ2) is 14.0. The van der Waals surface area contributed by atoms with Crippen molar-refractivity contribution in [2.75, 3.05) is 24.2 Å². The van der Waals surface area contributed by atoms with Gasteiger partial charge in [0.25, 0.3) is 0 Å². The summed E-state index contributed by atoms with van der Waals surface area (Å²) in [6, 6.07) is 10.4. The van der Waals surface area contributed by atoms with Gasteiger partial charge in [0.15, 0.2) is 27.9 Å². The Morgan fingerprint density at radius 2 is 1.84 bits per heavy atom. The second-order valence-corrected chi connectivity index (χ2v) is 15.8. The van der Waals surface area contributed by atoms with E-state index < -0.39 is 35.1 Å². The summed E-state index contributed by atoms with van der Waals surface area (Å²) in [5.74, 6) is 0.457. The molecular weight excluding hydrogens is 645 g/mol. The summed E-state index contributed by atoms with van der Waals surface area (Å²) in [7, 11) is 0. The zero-order valence-corrected chi connectivity index (χ0v) is 30.4. The van der Waals surface area contributed by atoms with E-state index in [0.717, 1.165) is 18.6 Å². The molecule has 3 aliphatic rings. The van der Waals surface area contributed by atoms with Gasteiger partial charge in [0, 0.05) is 30.8 Å². The summed E-state index contributed by atoms with van der Waals surface area (Å²) in [6.45, 7) is 14.2. The molecule has 13 nitrogen and oxygen atoms in total. The third kappa shape index (κ3) is 7.65. The van der Waals surface area contributed by atoms with Crippen LogP contribution in [-0.2, 0) is 19.0 Å². The maximum absolute atomic E-state index is 13.9. The van der Waals surface area contributed by atoms with Gasteiger partial charge in [-0.05, 0) is 72.3 Å². The number of nitrogens with zero attached hydrogens (tertiary/aromatic N) is 5. The first kappa shape index (κ1) is 35.3. The molecule has 6 rings (SSSR count). The van der Waals surface area contributed by atoms with Crippen LogP contribution in [0.5, 0.6) is 0 Å². The van der Waals surface area contributed by atoms with Crippen molar-refractivity contribution in [1.29, 1.82) is 0 Å². The fourth-order valence-corrected chi connectivity index (χ4v) is 7.87. The molecule has 0 radical (unpaired) electrons. The number of anilines is 1. The van der Waals surface area contributed by atoms with Crippen molar-refractivity contribution in [2.24, 2.45) is 5.92 Å². The van der Waals surface area contributed by atoms with Crippen LogP contribution in [-0.4, -0.2) is 84.9 Å². The number of amides is 2. The molecule has 1 saturated heterocycles. The van der Waals surface area contributed by atoms with Gasteiger partial charge in [0.2, 0.25) is 5.91 Å². The van der Waals surface area contributed by atoms with Crippen LogP contribution < -0.4 is 16.0 Å². The molecule has 14 heteroatoms. The number of alkyl carbamates (subject to hydrolysis) is 1. The Labute approximate surface area is 292 Å². The summed E-state index contributed by atoms with van der Waals surface area (Å²) in [6.07, 6.45) is 2.64. The fourth-order valence-electron chi connectivity index (χ4n) is 7.18. The number of nitrogens with one attached hydrogen (secondary N) is 3. The highest BCUT2D eigenvalue weighted by Gasteiger charge is 2.66. The van der Waals surface area contributed by atoms with Crippen LogP contribution in [0, 0.1) is 5.92 Å². The standard InChI is InChI=1S/C35H50N8O5S/c1-8-18-49-31-39-28(38-24-19-22(24)21-14-11-10-12-15-21)26-29(40-31)43(42-41-26)25-20-23(35(9-2)27(25)46-34(6,7)48-35)30(44)36-16-13-17-37-32(45)47-33(3,4)5/h10-12,14-15,22-25,27H,8-9,13,16-20H2,1-7H3,(H,36,44)(H,37,45)(H,38,39,40). The number of benzene rings is 1. The molecule has 2 aromatic heterocycles. The monoisotopic (exact) mass is 694 g/mol. The summed E-state index contributed by atoms with van der Waals surface area (Å²) in [5.41, 5.74) is 1.09. The summed E-state index contributed by atoms with van der Waals surface area (Å²) in [5, 5.41) is 19.4. The molecule has 6 atom stereocenters. The summed E-state index contributed by atoms with van der Waals surface area (Å²) in [4.78, 5) is 35.8. The highest BCUT2D eigenvalue weighted by atomic mass is 32.2. The Hall–Kier alpha value is -3.49. The van der Waals surface area contributed by atoms with Gasteiger partial charge >= 0.3 is 6.09 Å². The minimum absolute atomic E-state index is 0.116. The van der Waals surface area contributed by atoms with Gasteiger partial charge in [-0.2, -0.15) is 0 Å². The predicted molar refractivity (Wildman–Crippen MR) is 187 cm³/mol. The molecule has 3 heterocycles. The summed E-state index contributed by atoms with van der Waals surface area (Å²) < 4.78 is 20.4. The lowest BCUT2D eigenvalue weighted by Crippen LogP contribution is -2.49. The van der Waals surface area contributed by atoms with Crippen LogP contribution in [0.2, 0.25) is 0 Å². The first-order valence-electron chi connectivity index (χ1n) is 17.5. The lowest BCUT2D eigenvalue weighted by atomic mass is 9.86. The first-order valence-corrected chi connectivity index (χ1v) is 18.5. The van der Waals surface area contributed by atoms with Crippen molar-refractivity contribution in [3.63, 3.8) is 0 Å². The van der Waals surface area contributed by atoms with Gasteiger partial charge in [0.1, 0.15) is 17.3 Å². The van der Waals surface area contributed by atoms with Crippen LogP contribution in [0.25, 0.3) is 11.2 Å². The van der Waals surface area contributed by atoms with Crippen molar-refractivity contribution in [3.8, 4) is 0 Å². The third-order valence-electron chi connectivity index (χ3n) is 9.33. The van der Waals surface area contributed by atoms with Crippen molar-refractivity contribution < 1.29 is 23.8 Å². The van der Waals surface area contributed by atoms with Gasteiger partial charge in [0.05, 0.1) is 12.0 Å². The van der Waals surface area contributed by atoms with E-state index >= 15 is 0 Å². The molecule has 6 unspecified atom stereocenters. The lowest BCUT2D eigenvalue weighted by Gasteiger charge is -2.32. The maximum atomic E-state index is 13.9. The lowest BCUT2D eigenvalue weighted by molar-refractivity contribution is -0.182. The number of rotatable bonds is 13. The predicted octanol–water partition coefficient (Wildman–Crippen LogP) is 5.58. The zero-order chi connectivity index (χ0) is 35.0. The number of hydrogen-bond acceptors (Lipinski definition) is 11. The molecule has 266 valence electrons. The maximum Gasteiger partial charge on any atom is 0.407 e. The number of aromatic nitrogens is 5. The van der Waals surface area contributed by atoms with Crippen LogP contribution in [0.1, 0.15) is 98.1 Å². The molecule has 1 aromatic carbocycles. The highest BCUT2D eigenvalue weighted by molar-refractivity contribution is 7.99. The molecule has 1 aliphatic heterocycles. The smallest absolute Gasteiger partial charge is 0.407 e. The van der Waals surface area contributed by atoms with Crippen molar-refractivity contribution >= 4 is 40.7 Å². The fraction of sp³-hybridized carbons (Fsp3) is 0.657. The molecule has 2 amide bonds. The van der Waals surface area contributed by atoms with Gasteiger partial charge in [-0.15, -0.1) is 5.10 Å². The molecule has 3 N–H and O–H groups in total. The normalized spacial score (nSPS) is 27.1. The Balaban J connectivity index is 1.23. The second-order valence-electron chi connectivity index (χ2n) is 14.7. The van der Waals surface area contributed by atoms with E-state index in [-0.39, 0.29) is 18.0 Å². The van der Waals surface area contributed by atoms with Crippen molar-refractivity contribution in [2.45, 2.75) is 127 Å². The molecule has 49 heavy (non-hydrogen) atoms. The molecule has 3 aromatic rings. The number of carbonyl (C=O) groups excluding carboxylic acids is 2. The molecule has 0 bridgehead atoms. The topological polar surface area (TPSA) is 154 Å². The van der Waals surface area contributed by atoms with Crippen LogP contribution in [0.15, 0.2) is 35.5 Å². The van der Waals surface area contributed by atoms with E-state index in [1.807, 2.05) is 52.3 Å². The van der Waals surface area contributed by atoms with E-state index in [1.165, 1.54) is 5.56 Å². The minimum atomic E-state index is -0.895. The SMILES string of the molecule is CCCSc1nc(NC2CC2c2ccccc2)c2nnn(C3CC(C(=O)NCCCNC(=O)OC(C)(C)C)C4(CC)OC(C)(C)OC34)c2n1. The van der Waals surface area contributed by atoms with Gasteiger partial charge in [-0.1, -0.05) is 61.2 Å². The van der Waals surface area contributed by atoms with Crippen molar-refractivity contribution in [1.82, 2.24) is 35.6 Å². The highest BCUT2D eigenvalue weighted by Crippen LogP contribution is 2.56. The van der Waals surface area contributed by atoms with E-state index in [9.17, 15) is 9.59 Å². The Morgan fingerprint density at radius 1 is 1.08 bits per heavy atom. The first-order chi connectivity index (χ1) is 23.3. The molecule has 2 aliphatic carbocycles. The number of hydrogen-bond donors (Lipinski definition) is 3. The van der Waals surface area contributed by atoms with E-state index in [4.69, 9.17) is 24.2 Å². The molecule has 3 fully saturated rings. The average Bonchev–Trinajstić information content (AvgIpc) is 3.44. The molecular formula is C35H50N8O5S. The number of thioether (sulfide) groups is 1. The van der Waals surface area contributed by atoms with Crippen LogP contribution >= 0.6 is 11.8 Å². The van der Waals surface area contributed by atoms with Gasteiger partial charge in [-0.25, -0.2) is 19.4 Å². The summed E-state index contributed by atoms with van der Waals surface area (Å²) >= 11 is 1.61.